The van der Waals surface area contributed by atoms with Crippen LogP contribution in [0.1, 0.15) is 17.3 Å². The third kappa shape index (κ3) is 5.01. The molecule has 0 spiro atoms. The van der Waals surface area contributed by atoms with Gasteiger partial charge in [-0.25, -0.2) is 8.60 Å². The second-order valence-electron chi connectivity index (χ2n) is 7.89. The Morgan fingerprint density at radius 3 is 2.36 bits per heavy atom. The highest BCUT2D eigenvalue weighted by Gasteiger charge is 2.26. The predicted octanol–water partition coefficient (Wildman–Crippen LogP) is 4.93. The Kier molecular flexibility index (Phi) is 7.49. The Balaban J connectivity index is 2.01. The quantitative estimate of drug-likeness (QED) is 0.341. The first-order valence-corrected chi connectivity index (χ1v) is 12.8. The van der Waals surface area contributed by atoms with Gasteiger partial charge >= 0.3 is 5.97 Å². The molecule has 1 unspecified atom stereocenters. The second-order valence-corrected chi connectivity index (χ2v) is 9.18. The van der Waals surface area contributed by atoms with Crippen LogP contribution in [0.15, 0.2) is 71.1 Å². The van der Waals surface area contributed by atoms with Gasteiger partial charge in [-0.2, -0.15) is 0 Å². The lowest BCUT2D eigenvalue weighted by Gasteiger charge is -2.23. The monoisotopic (exact) mass is 508 g/mol. The van der Waals surface area contributed by atoms with E-state index < -0.39 is 22.8 Å². The van der Waals surface area contributed by atoms with Crippen molar-refractivity contribution in [2.75, 3.05) is 30.8 Å². The van der Waals surface area contributed by atoms with E-state index in [2.05, 4.69) is 5.32 Å². The Bertz CT molecular complexity index is 1430. The summed E-state index contributed by atoms with van der Waals surface area (Å²) in [6.45, 7) is 1.66. The number of anilines is 1. The number of carbonyl (C=O) groups excluding carboxylic acids is 2. The summed E-state index contributed by atoms with van der Waals surface area (Å²) in [5.74, 6) is -1.04. The highest BCUT2D eigenvalue weighted by molar-refractivity contribution is 7.85. The van der Waals surface area contributed by atoms with Gasteiger partial charge in [-0.3, -0.25) is 13.9 Å². The number of benzene rings is 3. The third-order valence-corrected chi connectivity index (χ3v) is 6.56. The number of fused-ring (bicyclic) bond motifs is 1. The number of hydrogen-bond donors (Lipinski definition) is 1. The molecule has 0 saturated heterocycles. The number of furan rings is 1. The summed E-state index contributed by atoms with van der Waals surface area (Å²) in [7, 11) is -0.0659. The van der Waals surface area contributed by atoms with E-state index in [1.54, 1.807) is 19.1 Å². The minimum absolute atomic E-state index is 0.197. The van der Waals surface area contributed by atoms with Gasteiger partial charge < -0.3 is 14.5 Å². The van der Waals surface area contributed by atoms with Gasteiger partial charge in [0.25, 0.3) is 5.91 Å². The zero-order valence-corrected chi connectivity index (χ0v) is 20.9. The third-order valence-electron chi connectivity index (χ3n) is 5.61. The van der Waals surface area contributed by atoms with Gasteiger partial charge in [-0.15, -0.1) is 0 Å². The van der Waals surface area contributed by atoms with Gasteiger partial charge in [0.2, 0.25) is 0 Å². The predicted molar refractivity (Wildman–Crippen MR) is 138 cm³/mol. The minimum atomic E-state index is -1.58. The van der Waals surface area contributed by atoms with Crippen LogP contribution in [0, 0.1) is 5.82 Å². The molecule has 0 bridgehead atoms. The van der Waals surface area contributed by atoms with Gasteiger partial charge in [-0.05, 0) is 42.8 Å². The van der Waals surface area contributed by atoms with Crippen LogP contribution in [0.2, 0.25) is 0 Å². The molecule has 4 rings (SSSR count). The molecule has 186 valence electrons. The molecule has 0 aliphatic carbocycles. The maximum Gasteiger partial charge on any atom is 0.326 e. The molecule has 1 aromatic heterocycles. The van der Waals surface area contributed by atoms with E-state index in [-0.39, 0.29) is 30.4 Å². The maximum atomic E-state index is 13.6. The normalized spacial score (nSPS) is 11.8. The summed E-state index contributed by atoms with van der Waals surface area (Å²) in [4.78, 5) is 25.3. The SMILES string of the molecule is CCOC(=O)CN(c1cc2oc(-c3ccc(F)cc3)c(C(=O)NC)c2cc1-c1ccccc1)S(C)=O. The fourth-order valence-corrected chi connectivity index (χ4v) is 4.70. The van der Waals surface area contributed by atoms with Crippen LogP contribution in [0.5, 0.6) is 0 Å². The lowest BCUT2D eigenvalue weighted by Crippen LogP contribution is -2.32. The van der Waals surface area contributed by atoms with Crippen molar-refractivity contribution in [1.29, 1.82) is 0 Å². The summed E-state index contributed by atoms with van der Waals surface area (Å²) >= 11 is 0. The summed E-state index contributed by atoms with van der Waals surface area (Å²) in [5, 5.41) is 3.17. The van der Waals surface area contributed by atoms with E-state index in [1.807, 2.05) is 30.3 Å². The first-order valence-electron chi connectivity index (χ1n) is 11.2. The van der Waals surface area contributed by atoms with E-state index in [1.165, 1.54) is 41.9 Å². The van der Waals surface area contributed by atoms with Gasteiger partial charge in [0.05, 0.1) is 17.9 Å². The molecule has 4 aromatic rings. The molecule has 9 heteroatoms. The molecule has 1 atom stereocenters. The maximum absolute atomic E-state index is 13.6. The number of hydrogen-bond acceptors (Lipinski definition) is 5. The number of rotatable bonds is 8. The summed E-state index contributed by atoms with van der Waals surface area (Å²) < 4.78 is 39.0. The molecule has 0 aliphatic rings. The van der Waals surface area contributed by atoms with Crippen LogP contribution < -0.4 is 9.62 Å². The zero-order valence-electron chi connectivity index (χ0n) is 20.0. The highest BCUT2D eigenvalue weighted by Crippen LogP contribution is 2.41. The molecular weight excluding hydrogens is 483 g/mol. The summed E-state index contributed by atoms with van der Waals surface area (Å²) in [6, 6.07) is 18.5. The van der Waals surface area contributed by atoms with Crippen LogP contribution >= 0.6 is 0 Å². The second kappa shape index (κ2) is 10.7. The standard InChI is InChI=1S/C27H25FN2O5S/c1-4-34-24(31)16-30(36(3)33)22-15-23-21(14-20(22)17-8-6-5-7-9-17)25(27(32)29-2)26(35-23)18-10-12-19(28)13-11-18/h5-15H,4,16H2,1-3H3,(H,29,32). The zero-order chi connectivity index (χ0) is 25.8. The number of amides is 1. The Morgan fingerprint density at radius 1 is 1.06 bits per heavy atom. The smallest absolute Gasteiger partial charge is 0.326 e. The highest BCUT2D eigenvalue weighted by atomic mass is 32.2. The Morgan fingerprint density at radius 2 is 1.75 bits per heavy atom. The fraction of sp³-hybridized carbons (Fsp3) is 0.185. The van der Waals surface area contributed by atoms with Gasteiger partial charge in [0.1, 0.15) is 34.7 Å². The Hall–Kier alpha value is -3.98. The van der Waals surface area contributed by atoms with Crippen molar-refractivity contribution in [2.45, 2.75) is 6.92 Å². The van der Waals surface area contributed by atoms with Crippen molar-refractivity contribution in [3.05, 3.63) is 78.1 Å². The topological polar surface area (TPSA) is 88.8 Å². The molecular formula is C27H25FN2O5S. The molecule has 0 aliphatic heterocycles. The lowest BCUT2D eigenvalue weighted by molar-refractivity contribution is -0.141. The number of carbonyl (C=O) groups is 2. The largest absolute Gasteiger partial charge is 0.465 e. The number of nitrogens with one attached hydrogen (secondary N) is 1. The number of ether oxygens (including phenoxy) is 1. The number of halogens is 1. The minimum Gasteiger partial charge on any atom is -0.465 e. The Labute approximate surface area is 210 Å². The van der Waals surface area contributed by atoms with Crippen molar-refractivity contribution in [3.8, 4) is 22.5 Å². The summed E-state index contributed by atoms with van der Waals surface area (Å²) in [6.07, 6.45) is 1.47. The average Bonchev–Trinajstić information content (AvgIpc) is 3.25. The van der Waals surface area contributed by atoms with Crippen molar-refractivity contribution < 1.29 is 27.3 Å². The molecule has 0 fully saturated rings. The molecule has 36 heavy (non-hydrogen) atoms. The molecule has 1 amide bonds. The lowest BCUT2D eigenvalue weighted by atomic mass is 9.98. The number of nitrogens with zero attached hydrogens (tertiary/aromatic N) is 1. The van der Waals surface area contributed by atoms with E-state index >= 15 is 0 Å². The van der Waals surface area contributed by atoms with Crippen molar-refractivity contribution in [3.63, 3.8) is 0 Å². The van der Waals surface area contributed by atoms with Gasteiger partial charge in [0.15, 0.2) is 0 Å². The van der Waals surface area contributed by atoms with Crippen molar-refractivity contribution in [1.82, 2.24) is 5.32 Å². The van der Waals surface area contributed by atoms with Crippen LogP contribution in [-0.2, 0) is 20.5 Å². The van der Waals surface area contributed by atoms with Crippen LogP contribution in [0.3, 0.4) is 0 Å². The molecule has 3 aromatic carbocycles. The molecule has 1 heterocycles. The van der Waals surface area contributed by atoms with E-state index in [9.17, 15) is 18.2 Å². The van der Waals surface area contributed by atoms with Gasteiger partial charge in [-0.1, -0.05) is 30.3 Å². The van der Waals surface area contributed by atoms with Crippen LogP contribution in [0.25, 0.3) is 33.4 Å². The van der Waals surface area contributed by atoms with E-state index in [0.717, 1.165) is 5.56 Å². The molecule has 1 N–H and O–H groups in total. The molecule has 7 nitrogen and oxygen atoms in total. The van der Waals surface area contributed by atoms with Crippen LogP contribution in [0.4, 0.5) is 10.1 Å². The first kappa shape index (κ1) is 25.1. The fourth-order valence-electron chi connectivity index (χ4n) is 3.98. The van der Waals surface area contributed by atoms with E-state index in [0.29, 0.717) is 27.8 Å². The van der Waals surface area contributed by atoms with Gasteiger partial charge in [0, 0.05) is 35.9 Å². The molecule has 0 saturated carbocycles. The van der Waals surface area contributed by atoms with E-state index in [4.69, 9.17) is 9.15 Å². The first-order chi connectivity index (χ1) is 17.3. The van der Waals surface area contributed by atoms with Crippen molar-refractivity contribution in [2.24, 2.45) is 0 Å². The summed E-state index contributed by atoms with van der Waals surface area (Å²) in [5.41, 5.74) is 3.08. The number of esters is 1. The molecule has 0 radical (unpaired) electrons. The van der Waals surface area contributed by atoms with Crippen LogP contribution in [-0.4, -0.2) is 42.5 Å². The average molecular weight is 509 g/mol. The van der Waals surface area contributed by atoms with Crippen molar-refractivity contribution >= 4 is 39.5 Å².